The van der Waals surface area contributed by atoms with E-state index in [1.807, 2.05) is 80.6 Å². The van der Waals surface area contributed by atoms with Crippen LogP contribution in [-0.2, 0) is 22.6 Å². The highest BCUT2D eigenvalue weighted by atomic mass is 32.2. The standard InChI is InChI=1S/C29H35N3O4S/c1-21-8-14-26(15-9-21)32(37(35)36)18-23-10-12-24(13-11-23)22(2)29(34)30-28(25-6-4-3-5-7-25)20-31-17-16-27(33)19-31/h3-15,22,27-28,33H,16-20H2,1-2H3,(H,30,34)(H,35,36)/p-1. The van der Waals surface area contributed by atoms with E-state index in [0.717, 1.165) is 35.2 Å². The number of aliphatic hydroxyl groups is 1. The van der Waals surface area contributed by atoms with Gasteiger partial charge in [0.1, 0.15) is 0 Å². The minimum atomic E-state index is -2.41. The second-order valence-electron chi connectivity index (χ2n) is 9.73. The molecule has 0 bridgehead atoms. The van der Waals surface area contributed by atoms with Crippen LogP contribution in [0.1, 0.15) is 47.6 Å². The fourth-order valence-electron chi connectivity index (χ4n) is 4.62. The van der Waals surface area contributed by atoms with E-state index >= 15 is 0 Å². The minimum absolute atomic E-state index is 0.0803. The van der Waals surface area contributed by atoms with Gasteiger partial charge in [-0.15, -0.1) is 0 Å². The quantitative estimate of drug-likeness (QED) is 0.396. The molecule has 0 spiro atoms. The molecule has 4 atom stereocenters. The van der Waals surface area contributed by atoms with Crippen molar-refractivity contribution in [3.05, 3.63) is 101 Å². The molecule has 8 heteroatoms. The van der Waals surface area contributed by atoms with Crippen molar-refractivity contribution in [3.8, 4) is 0 Å². The summed E-state index contributed by atoms with van der Waals surface area (Å²) in [7, 11) is 0. The van der Waals surface area contributed by atoms with E-state index in [-0.39, 0.29) is 30.5 Å². The predicted molar refractivity (Wildman–Crippen MR) is 146 cm³/mol. The first-order valence-electron chi connectivity index (χ1n) is 12.6. The summed E-state index contributed by atoms with van der Waals surface area (Å²) in [5.41, 5.74) is 4.38. The molecule has 3 aromatic rings. The third kappa shape index (κ3) is 7.26. The average molecular weight is 521 g/mol. The number of hydrogen-bond acceptors (Lipinski definition) is 5. The highest BCUT2D eigenvalue weighted by Crippen LogP contribution is 2.23. The van der Waals surface area contributed by atoms with Crippen LogP contribution in [0.3, 0.4) is 0 Å². The van der Waals surface area contributed by atoms with E-state index in [0.29, 0.717) is 18.8 Å². The zero-order valence-electron chi connectivity index (χ0n) is 21.2. The molecule has 37 heavy (non-hydrogen) atoms. The molecule has 1 heterocycles. The van der Waals surface area contributed by atoms with Crippen molar-refractivity contribution < 1.29 is 18.7 Å². The van der Waals surface area contributed by atoms with Crippen molar-refractivity contribution in [2.24, 2.45) is 0 Å². The van der Waals surface area contributed by atoms with Gasteiger partial charge in [-0.1, -0.05) is 72.3 Å². The largest absolute Gasteiger partial charge is 0.755 e. The average Bonchev–Trinajstić information content (AvgIpc) is 3.32. The Morgan fingerprint density at radius 2 is 1.76 bits per heavy atom. The van der Waals surface area contributed by atoms with Crippen LogP contribution in [0.25, 0.3) is 0 Å². The van der Waals surface area contributed by atoms with Gasteiger partial charge in [0.05, 0.1) is 24.6 Å². The highest BCUT2D eigenvalue weighted by molar-refractivity contribution is 7.80. The number of benzene rings is 3. The first-order valence-corrected chi connectivity index (χ1v) is 13.6. The third-order valence-electron chi connectivity index (χ3n) is 6.91. The molecule has 4 unspecified atom stereocenters. The summed E-state index contributed by atoms with van der Waals surface area (Å²) in [6.07, 6.45) is 0.435. The van der Waals surface area contributed by atoms with Gasteiger partial charge < -0.3 is 15.0 Å². The van der Waals surface area contributed by atoms with Crippen molar-refractivity contribution in [2.75, 3.05) is 23.9 Å². The maximum atomic E-state index is 13.3. The number of nitrogens with one attached hydrogen (secondary N) is 1. The van der Waals surface area contributed by atoms with E-state index in [1.54, 1.807) is 12.1 Å². The summed E-state index contributed by atoms with van der Waals surface area (Å²) in [6, 6.07) is 24.6. The summed E-state index contributed by atoms with van der Waals surface area (Å²) < 4.78 is 25.1. The second-order valence-corrected chi connectivity index (χ2v) is 10.6. The van der Waals surface area contributed by atoms with E-state index in [9.17, 15) is 18.7 Å². The molecule has 1 amide bonds. The Bertz CT molecular complexity index is 1190. The molecule has 0 aliphatic carbocycles. The van der Waals surface area contributed by atoms with Crippen molar-refractivity contribution in [1.29, 1.82) is 0 Å². The Hall–Kier alpha value is -3.04. The van der Waals surface area contributed by atoms with E-state index in [2.05, 4.69) is 10.2 Å². The molecule has 1 fully saturated rings. The van der Waals surface area contributed by atoms with Crippen LogP contribution < -0.4 is 9.62 Å². The van der Waals surface area contributed by atoms with Gasteiger partial charge in [-0.2, -0.15) is 0 Å². The Labute approximate surface area is 221 Å². The number of nitrogens with zero attached hydrogens (tertiary/aromatic N) is 2. The summed E-state index contributed by atoms with van der Waals surface area (Å²) in [4.78, 5) is 15.4. The smallest absolute Gasteiger partial charge is 0.227 e. The highest BCUT2D eigenvalue weighted by Gasteiger charge is 2.26. The molecule has 4 rings (SSSR count). The third-order valence-corrected chi connectivity index (χ3v) is 7.61. The summed E-state index contributed by atoms with van der Waals surface area (Å²) in [5.74, 6) is -0.463. The number of anilines is 1. The van der Waals surface area contributed by atoms with Crippen LogP contribution in [0.5, 0.6) is 0 Å². The van der Waals surface area contributed by atoms with Crippen LogP contribution in [0.15, 0.2) is 78.9 Å². The fourth-order valence-corrected chi connectivity index (χ4v) is 5.17. The Morgan fingerprint density at radius 3 is 2.35 bits per heavy atom. The van der Waals surface area contributed by atoms with Crippen molar-refractivity contribution >= 4 is 22.9 Å². The van der Waals surface area contributed by atoms with Crippen LogP contribution in [0.2, 0.25) is 0 Å². The number of hydrogen-bond donors (Lipinski definition) is 2. The molecule has 196 valence electrons. The van der Waals surface area contributed by atoms with Gasteiger partial charge in [0, 0.05) is 36.6 Å². The number of aliphatic hydroxyl groups excluding tert-OH is 1. The van der Waals surface area contributed by atoms with Gasteiger partial charge in [0.15, 0.2) is 0 Å². The molecule has 2 N–H and O–H groups in total. The normalized spacial score (nSPS) is 18.2. The number of likely N-dealkylation sites (tertiary alicyclic amines) is 1. The number of rotatable bonds is 10. The lowest BCUT2D eigenvalue weighted by Gasteiger charge is -2.27. The molecule has 0 aromatic heterocycles. The summed E-state index contributed by atoms with van der Waals surface area (Å²) in [6.45, 7) is 6.10. The molecule has 0 saturated carbocycles. The maximum absolute atomic E-state index is 13.3. The topological polar surface area (TPSA) is 95.9 Å². The molecule has 1 saturated heterocycles. The summed E-state index contributed by atoms with van der Waals surface area (Å²) in [5, 5.41) is 13.1. The Balaban J connectivity index is 1.43. The molecule has 7 nitrogen and oxygen atoms in total. The van der Waals surface area contributed by atoms with Gasteiger partial charge in [-0.25, -0.2) is 0 Å². The van der Waals surface area contributed by atoms with Gasteiger partial charge in [-0.05, 0) is 49.1 Å². The van der Waals surface area contributed by atoms with Crippen LogP contribution in [-0.4, -0.2) is 50.4 Å². The molecular weight excluding hydrogens is 486 g/mol. The summed E-state index contributed by atoms with van der Waals surface area (Å²) >= 11 is -2.41. The van der Waals surface area contributed by atoms with E-state index in [1.165, 1.54) is 4.31 Å². The lowest BCUT2D eigenvalue weighted by molar-refractivity contribution is -0.123. The monoisotopic (exact) mass is 520 g/mol. The number of amides is 1. The minimum Gasteiger partial charge on any atom is -0.755 e. The zero-order chi connectivity index (χ0) is 26.4. The van der Waals surface area contributed by atoms with Gasteiger partial charge in [-0.3, -0.25) is 18.2 Å². The molecule has 1 aliphatic heterocycles. The first kappa shape index (κ1) is 27.0. The number of carbonyl (C=O) groups is 1. The van der Waals surface area contributed by atoms with Crippen molar-refractivity contribution in [2.45, 2.75) is 44.9 Å². The van der Waals surface area contributed by atoms with Crippen LogP contribution in [0.4, 0.5) is 5.69 Å². The van der Waals surface area contributed by atoms with Gasteiger partial charge in [0.25, 0.3) is 0 Å². The lowest BCUT2D eigenvalue weighted by Crippen LogP contribution is -2.39. The molecule has 0 radical (unpaired) electrons. The van der Waals surface area contributed by atoms with Crippen LogP contribution >= 0.6 is 0 Å². The first-order chi connectivity index (χ1) is 17.8. The second kappa shape index (κ2) is 12.5. The fraction of sp³-hybridized carbons (Fsp3) is 0.345. The van der Waals surface area contributed by atoms with Crippen molar-refractivity contribution in [1.82, 2.24) is 10.2 Å². The van der Waals surface area contributed by atoms with E-state index < -0.39 is 11.3 Å². The van der Waals surface area contributed by atoms with Crippen LogP contribution in [0, 0.1) is 6.92 Å². The molecule has 3 aromatic carbocycles. The zero-order valence-corrected chi connectivity index (χ0v) is 22.1. The Morgan fingerprint density at radius 1 is 1.08 bits per heavy atom. The number of β-amino-alcohol motifs (C(OH)–C–C–N with tert-alkyl or cyclic N) is 1. The SMILES string of the molecule is Cc1ccc(N(Cc2ccc(C(C)C(=O)NC(CN3CCC(O)C3)c3ccccc3)cc2)S(=O)[O-])cc1. The lowest BCUT2D eigenvalue weighted by atomic mass is 9.97. The Kier molecular flexibility index (Phi) is 9.10. The number of aryl methyl sites for hydroxylation is 1. The number of carbonyl (C=O) groups excluding carboxylic acids is 1. The molecular formula is C29H34N3O4S-. The van der Waals surface area contributed by atoms with Crippen molar-refractivity contribution in [3.63, 3.8) is 0 Å². The maximum Gasteiger partial charge on any atom is 0.227 e. The molecule has 1 aliphatic rings. The van der Waals surface area contributed by atoms with E-state index in [4.69, 9.17) is 0 Å². The van der Waals surface area contributed by atoms with Gasteiger partial charge in [0.2, 0.25) is 5.91 Å². The predicted octanol–water partition coefficient (Wildman–Crippen LogP) is 3.82. The van der Waals surface area contributed by atoms with Gasteiger partial charge >= 0.3 is 0 Å².